The Balaban J connectivity index is 3.12. The Hall–Kier alpha value is -1.84. The monoisotopic (exact) mass is 194 g/mol. The second kappa shape index (κ2) is 3.91. The molecule has 0 spiro atoms. The number of amides is 1. The number of anilines is 1. The number of nitrogen functional groups attached to an aromatic ring is 1. The molecule has 14 heavy (non-hydrogen) atoms. The minimum absolute atomic E-state index is 0.0669. The molecule has 0 fully saturated rings. The molecule has 1 aromatic carbocycles. The molecular weight excluding hydrogens is 183 g/mol. The molecule has 0 unspecified atom stereocenters. The van der Waals surface area contributed by atoms with Crippen LogP contribution in [-0.4, -0.2) is 13.0 Å². The highest BCUT2D eigenvalue weighted by atomic mass is 19.1. The van der Waals surface area contributed by atoms with E-state index >= 15 is 0 Å². The van der Waals surface area contributed by atoms with Crippen LogP contribution in [0.25, 0.3) is 5.57 Å². The summed E-state index contributed by atoms with van der Waals surface area (Å²) in [6.45, 7) is 3.49. The zero-order chi connectivity index (χ0) is 10.7. The summed E-state index contributed by atoms with van der Waals surface area (Å²) in [6, 6.07) is 4.02. The Bertz CT molecular complexity index is 388. The number of likely N-dealkylation sites (N-methyl/N-ethyl adjacent to an activating group) is 1. The first-order chi connectivity index (χ1) is 6.56. The van der Waals surface area contributed by atoms with Crippen molar-refractivity contribution in [3.05, 3.63) is 36.2 Å². The van der Waals surface area contributed by atoms with Gasteiger partial charge >= 0.3 is 0 Å². The van der Waals surface area contributed by atoms with Crippen molar-refractivity contribution in [1.29, 1.82) is 0 Å². The van der Waals surface area contributed by atoms with Crippen molar-refractivity contribution in [2.24, 2.45) is 0 Å². The lowest BCUT2D eigenvalue weighted by molar-refractivity contribution is -0.115. The minimum atomic E-state index is -0.507. The molecule has 74 valence electrons. The number of carbonyl (C=O) groups is 1. The zero-order valence-corrected chi connectivity index (χ0v) is 7.80. The third-order valence-electron chi connectivity index (χ3n) is 1.82. The summed E-state index contributed by atoms with van der Waals surface area (Å²) >= 11 is 0. The Kier molecular flexibility index (Phi) is 2.86. The molecule has 1 amide bonds. The first kappa shape index (κ1) is 10.2. The molecule has 0 heterocycles. The van der Waals surface area contributed by atoms with Gasteiger partial charge in [-0.15, -0.1) is 0 Å². The predicted octanol–water partition coefficient (Wildman–Crippen LogP) is 1.17. The van der Waals surface area contributed by atoms with Crippen LogP contribution < -0.4 is 11.1 Å². The summed E-state index contributed by atoms with van der Waals surface area (Å²) < 4.78 is 13.2. The van der Waals surface area contributed by atoms with E-state index in [-0.39, 0.29) is 11.1 Å². The lowest BCUT2D eigenvalue weighted by atomic mass is 10.1. The average molecular weight is 194 g/mol. The number of carbonyl (C=O) groups excluding carboxylic acids is 1. The maximum Gasteiger partial charge on any atom is 0.251 e. The molecule has 4 heteroatoms. The fraction of sp³-hybridized carbons (Fsp3) is 0.100. The van der Waals surface area contributed by atoms with Crippen molar-refractivity contribution in [2.45, 2.75) is 0 Å². The van der Waals surface area contributed by atoms with E-state index < -0.39 is 11.7 Å². The second-order valence-electron chi connectivity index (χ2n) is 2.80. The Labute approximate surface area is 81.4 Å². The number of nitrogens with one attached hydrogen (secondary N) is 1. The smallest absolute Gasteiger partial charge is 0.251 e. The average Bonchev–Trinajstić information content (AvgIpc) is 2.19. The third kappa shape index (κ3) is 1.90. The van der Waals surface area contributed by atoms with E-state index in [0.717, 1.165) is 0 Å². The SMILES string of the molecule is C=C(C(=O)NC)c1cc(N)ccc1F. The van der Waals surface area contributed by atoms with Crippen molar-refractivity contribution < 1.29 is 9.18 Å². The normalized spacial score (nSPS) is 9.57. The van der Waals surface area contributed by atoms with E-state index in [1.165, 1.54) is 25.2 Å². The molecule has 0 aliphatic carbocycles. The quantitative estimate of drug-likeness (QED) is 0.548. The minimum Gasteiger partial charge on any atom is -0.399 e. The fourth-order valence-electron chi connectivity index (χ4n) is 1.05. The fourth-order valence-corrected chi connectivity index (χ4v) is 1.05. The number of hydrogen-bond donors (Lipinski definition) is 2. The van der Waals surface area contributed by atoms with Crippen LogP contribution in [0.4, 0.5) is 10.1 Å². The van der Waals surface area contributed by atoms with Gasteiger partial charge in [-0.05, 0) is 18.2 Å². The highest BCUT2D eigenvalue weighted by Crippen LogP contribution is 2.19. The molecule has 0 radical (unpaired) electrons. The zero-order valence-electron chi connectivity index (χ0n) is 7.80. The highest BCUT2D eigenvalue weighted by Gasteiger charge is 2.12. The number of benzene rings is 1. The van der Waals surface area contributed by atoms with Crippen LogP contribution >= 0.6 is 0 Å². The lowest BCUT2D eigenvalue weighted by Crippen LogP contribution is -2.19. The summed E-state index contributed by atoms with van der Waals surface area (Å²) in [5, 5.41) is 2.36. The van der Waals surface area contributed by atoms with Crippen LogP contribution in [0.3, 0.4) is 0 Å². The van der Waals surface area contributed by atoms with Gasteiger partial charge < -0.3 is 11.1 Å². The molecule has 0 saturated heterocycles. The van der Waals surface area contributed by atoms with Crippen molar-refractivity contribution in [2.75, 3.05) is 12.8 Å². The van der Waals surface area contributed by atoms with Gasteiger partial charge in [0.1, 0.15) is 5.82 Å². The summed E-state index contributed by atoms with van der Waals surface area (Å²) in [7, 11) is 1.46. The van der Waals surface area contributed by atoms with Gasteiger partial charge in [0, 0.05) is 23.9 Å². The van der Waals surface area contributed by atoms with Crippen molar-refractivity contribution in [1.82, 2.24) is 5.32 Å². The lowest BCUT2D eigenvalue weighted by Gasteiger charge is -2.06. The van der Waals surface area contributed by atoms with Gasteiger partial charge in [-0.2, -0.15) is 0 Å². The van der Waals surface area contributed by atoms with E-state index in [9.17, 15) is 9.18 Å². The van der Waals surface area contributed by atoms with Gasteiger partial charge in [-0.1, -0.05) is 6.58 Å². The molecule has 3 nitrogen and oxygen atoms in total. The number of rotatable bonds is 2. The molecule has 0 aromatic heterocycles. The third-order valence-corrected chi connectivity index (χ3v) is 1.82. The van der Waals surface area contributed by atoms with Crippen molar-refractivity contribution in [3.8, 4) is 0 Å². The molecule has 3 N–H and O–H groups in total. The first-order valence-corrected chi connectivity index (χ1v) is 4.02. The molecule has 0 bridgehead atoms. The van der Waals surface area contributed by atoms with E-state index in [4.69, 9.17) is 5.73 Å². The van der Waals surface area contributed by atoms with Gasteiger partial charge in [-0.25, -0.2) is 4.39 Å². The summed E-state index contributed by atoms with van der Waals surface area (Å²) in [5.74, 6) is -0.928. The Morgan fingerprint density at radius 3 is 2.79 bits per heavy atom. The van der Waals surface area contributed by atoms with Crippen molar-refractivity contribution >= 4 is 17.2 Å². The Morgan fingerprint density at radius 1 is 1.57 bits per heavy atom. The standard InChI is InChI=1S/C10H11FN2O/c1-6(10(14)13-2)8-5-7(12)3-4-9(8)11/h3-5H,1,12H2,2H3,(H,13,14). The van der Waals surface area contributed by atoms with E-state index in [1.807, 2.05) is 0 Å². The van der Waals surface area contributed by atoms with Gasteiger partial charge in [0.2, 0.25) is 0 Å². The number of nitrogens with two attached hydrogens (primary N) is 1. The van der Waals surface area contributed by atoms with Gasteiger partial charge in [0.05, 0.1) is 0 Å². The van der Waals surface area contributed by atoms with Crippen LogP contribution in [0.2, 0.25) is 0 Å². The van der Waals surface area contributed by atoms with Crippen LogP contribution in [-0.2, 0) is 4.79 Å². The summed E-state index contributed by atoms with van der Waals surface area (Å²) in [5.41, 5.74) is 6.06. The maximum absolute atomic E-state index is 13.2. The van der Waals surface area contributed by atoms with Crippen LogP contribution in [0.15, 0.2) is 24.8 Å². The van der Waals surface area contributed by atoms with Crippen LogP contribution in [0, 0.1) is 5.82 Å². The maximum atomic E-state index is 13.2. The summed E-state index contributed by atoms with van der Waals surface area (Å²) in [6.07, 6.45) is 0. The molecule has 0 aliphatic rings. The topological polar surface area (TPSA) is 55.1 Å². The largest absolute Gasteiger partial charge is 0.399 e. The van der Waals surface area contributed by atoms with E-state index in [2.05, 4.69) is 11.9 Å². The van der Waals surface area contributed by atoms with Crippen LogP contribution in [0.5, 0.6) is 0 Å². The summed E-state index contributed by atoms with van der Waals surface area (Å²) in [4.78, 5) is 11.2. The Morgan fingerprint density at radius 2 is 2.21 bits per heavy atom. The van der Waals surface area contributed by atoms with E-state index in [1.54, 1.807) is 0 Å². The van der Waals surface area contributed by atoms with Crippen molar-refractivity contribution in [3.63, 3.8) is 0 Å². The van der Waals surface area contributed by atoms with Gasteiger partial charge in [-0.3, -0.25) is 4.79 Å². The molecular formula is C10H11FN2O. The first-order valence-electron chi connectivity index (χ1n) is 4.02. The van der Waals surface area contributed by atoms with Gasteiger partial charge in [0.25, 0.3) is 5.91 Å². The molecule has 1 aromatic rings. The molecule has 0 atom stereocenters. The van der Waals surface area contributed by atoms with E-state index in [0.29, 0.717) is 5.69 Å². The predicted molar refractivity (Wildman–Crippen MR) is 53.9 cm³/mol. The van der Waals surface area contributed by atoms with Crippen LogP contribution in [0.1, 0.15) is 5.56 Å². The van der Waals surface area contributed by atoms with Gasteiger partial charge in [0.15, 0.2) is 0 Å². The number of halogens is 1. The number of hydrogen-bond acceptors (Lipinski definition) is 2. The molecule has 0 saturated carbocycles. The molecule has 1 rings (SSSR count). The highest BCUT2D eigenvalue weighted by molar-refractivity contribution is 6.18. The second-order valence-corrected chi connectivity index (χ2v) is 2.80. The molecule has 0 aliphatic heterocycles.